The molecule has 3 N–H and O–H groups in total. The van der Waals surface area contributed by atoms with E-state index < -0.39 is 35.2 Å². The number of hydrogen-bond acceptors (Lipinski definition) is 6. The summed E-state index contributed by atoms with van der Waals surface area (Å²) in [6.45, 7) is 5.40. The SMILES string of the molecule is CCCC/C=C\CCCCCCCC(=O)C(O)(CO)C(O)(C(=O)CCCCCCC/C=C\CCCC)C(=O)CCCCCCC/C=C\CCCC. The van der Waals surface area contributed by atoms with Crippen LogP contribution in [0.1, 0.15) is 213 Å². The molecule has 0 rings (SSSR count). The fourth-order valence-electron chi connectivity index (χ4n) is 6.50. The van der Waals surface area contributed by atoms with Crippen molar-refractivity contribution >= 4 is 17.3 Å². The Labute approximate surface area is 314 Å². The topological polar surface area (TPSA) is 112 Å². The zero-order chi connectivity index (χ0) is 37.9. The van der Waals surface area contributed by atoms with Crippen LogP contribution in [-0.2, 0) is 14.4 Å². The standard InChI is InChI=1S/C45H80O6/c1-4-7-10-13-16-19-22-25-28-31-34-37-41(47)44(50,40-46)45(51,42(48)38-35-32-29-26-23-20-17-14-11-8-5-2)43(49)39-36-33-30-27-24-21-18-15-12-9-6-3/h13-18,46,50-51H,4-12,19-40H2,1-3H3/b16-13-,17-14-,18-15-. The molecule has 0 aliphatic heterocycles. The molecule has 0 saturated carbocycles. The number of carbonyl (C=O) groups is 3. The van der Waals surface area contributed by atoms with E-state index in [4.69, 9.17) is 0 Å². The maximum absolute atomic E-state index is 13.6. The number of carbonyl (C=O) groups excluding carboxylic acids is 3. The quantitative estimate of drug-likeness (QED) is 0.0333. The van der Waals surface area contributed by atoms with Gasteiger partial charge in [0.15, 0.2) is 23.0 Å². The molecule has 51 heavy (non-hydrogen) atoms. The van der Waals surface area contributed by atoms with Crippen LogP contribution in [0.25, 0.3) is 0 Å². The maximum Gasteiger partial charge on any atom is 0.219 e. The molecule has 0 aliphatic rings. The molecule has 1 atom stereocenters. The second-order valence-corrected chi connectivity index (χ2v) is 14.8. The van der Waals surface area contributed by atoms with Crippen LogP contribution in [0.5, 0.6) is 0 Å². The summed E-state index contributed by atoms with van der Waals surface area (Å²) in [5.41, 5.74) is -5.77. The first-order valence-corrected chi connectivity index (χ1v) is 21.4. The molecule has 6 nitrogen and oxygen atoms in total. The van der Waals surface area contributed by atoms with Crippen molar-refractivity contribution < 1.29 is 29.7 Å². The predicted molar refractivity (Wildman–Crippen MR) is 215 cm³/mol. The molecule has 0 aromatic rings. The van der Waals surface area contributed by atoms with Gasteiger partial charge in [-0.15, -0.1) is 0 Å². The Morgan fingerprint density at radius 3 is 0.941 bits per heavy atom. The Hall–Kier alpha value is -1.89. The molecule has 0 spiro atoms. The van der Waals surface area contributed by atoms with Crippen molar-refractivity contribution in [1.82, 2.24) is 0 Å². The number of ketones is 3. The van der Waals surface area contributed by atoms with Crippen molar-refractivity contribution in [2.24, 2.45) is 0 Å². The number of Topliss-reactive ketones (excluding diaryl/α,β-unsaturated/α-hetero) is 3. The van der Waals surface area contributed by atoms with Gasteiger partial charge in [-0.05, 0) is 77.0 Å². The molecule has 0 radical (unpaired) electrons. The summed E-state index contributed by atoms with van der Waals surface area (Å²) in [5.74, 6) is -2.52. The zero-order valence-electron chi connectivity index (χ0n) is 33.5. The van der Waals surface area contributed by atoms with E-state index in [0.717, 1.165) is 116 Å². The Balaban J connectivity index is 5.14. The van der Waals surface area contributed by atoms with Gasteiger partial charge in [-0.2, -0.15) is 0 Å². The van der Waals surface area contributed by atoms with Gasteiger partial charge in [0.1, 0.15) is 0 Å². The molecule has 6 heteroatoms. The zero-order valence-corrected chi connectivity index (χ0v) is 33.5. The van der Waals surface area contributed by atoms with Crippen LogP contribution in [0.3, 0.4) is 0 Å². The van der Waals surface area contributed by atoms with Crippen LogP contribution in [0.2, 0.25) is 0 Å². The van der Waals surface area contributed by atoms with Crippen molar-refractivity contribution in [3.05, 3.63) is 36.5 Å². The second kappa shape index (κ2) is 33.9. The van der Waals surface area contributed by atoms with Crippen LogP contribution in [0.4, 0.5) is 0 Å². The highest BCUT2D eigenvalue weighted by Gasteiger charge is 2.62. The molecule has 0 saturated heterocycles. The third-order valence-corrected chi connectivity index (χ3v) is 10.1. The summed E-state index contributed by atoms with van der Waals surface area (Å²) < 4.78 is 0. The molecule has 0 fully saturated rings. The number of rotatable bonds is 38. The van der Waals surface area contributed by atoms with Gasteiger partial charge >= 0.3 is 0 Å². The van der Waals surface area contributed by atoms with Crippen molar-refractivity contribution in [2.75, 3.05) is 6.61 Å². The van der Waals surface area contributed by atoms with Crippen molar-refractivity contribution in [2.45, 2.75) is 225 Å². The number of unbranched alkanes of at least 4 members (excludes halogenated alkanes) is 21. The first kappa shape index (κ1) is 49.1. The number of allylic oxidation sites excluding steroid dienone is 6. The minimum Gasteiger partial charge on any atom is -0.393 e. The molecule has 1 unspecified atom stereocenters. The summed E-state index contributed by atoms with van der Waals surface area (Å²) in [4.78, 5) is 40.7. The van der Waals surface area contributed by atoms with E-state index in [0.29, 0.717) is 19.3 Å². The molecule has 0 aromatic heterocycles. The van der Waals surface area contributed by atoms with Crippen molar-refractivity contribution in [1.29, 1.82) is 0 Å². The highest BCUT2D eigenvalue weighted by Crippen LogP contribution is 2.32. The number of hydrogen-bond donors (Lipinski definition) is 3. The molecule has 0 bridgehead atoms. The first-order chi connectivity index (χ1) is 24.8. The Kier molecular flexibility index (Phi) is 32.7. The lowest BCUT2D eigenvalue weighted by Gasteiger charge is -2.39. The van der Waals surface area contributed by atoms with E-state index in [1.54, 1.807) is 0 Å². The summed E-state index contributed by atoms with van der Waals surface area (Å²) >= 11 is 0. The minimum absolute atomic E-state index is 0.101. The molecule has 296 valence electrons. The summed E-state index contributed by atoms with van der Waals surface area (Å²) in [7, 11) is 0. The fourth-order valence-corrected chi connectivity index (χ4v) is 6.50. The van der Waals surface area contributed by atoms with Gasteiger partial charge in [-0.3, -0.25) is 14.4 Å². The van der Waals surface area contributed by atoms with Gasteiger partial charge in [0.05, 0.1) is 6.61 Å². The van der Waals surface area contributed by atoms with Gasteiger partial charge in [0.25, 0.3) is 0 Å². The van der Waals surface area contributed by atoms with Gasteiger partial charge in [-0.25, -0.2) is 0 Å². The van der Waals surface area contributed by atoms with Crippen LogP contribution in [0, 0.1) is 0 Å². The van der Waals surface area contributed by atoms with Crippen LogP contribution < -0.4 is 0 Å². The van der Waals surface area contributed by atoms with Crippen molar-refractivity contribution in [3.8, 4) is 0 Å². The third-order valence-electron chi connectivity index (χ3n) is 10.1. The largest absolute Gasteiger partial charge is 0.393 e. The smallest absolute Gasteiger partial charge is 0.219 e. The Morgan fingerprint density at radius 2 is 0.647 bits per heavy atom. The molecule has 0 aliphatic carbocycles. The second-order valence-electron chi connectivity index (χ2n) is 14.8. The molecular weight excluding hydrogens is 636 g/mol. The Bertz CT molecular complexity index is 906. The lowest BCUT2D eigenvalue weighted by atomic mass is 9.71. The third kappa shape index (κ3) is 22.7. The van der Waals surface area contributed by atoms with Crippen molar-refractivity contribution in [3.63, 3.8) is 0 Å². The minimum atomic E-state index is -2.94. The number of aliphatic hydroxyl groups is 3. The summed E-state index contributed by atoms with van der Waals surface area (Å²) in [6.07, 6.45) is 39.5. The molecule has 0 aromatic carbocycles. The van der Waals surface area contributed by atoms with Crippen LogP contribution >= 0.6 is 0 Å². The highest BCUT2D eigenvalue weighted by atomic mass is 16.4. The first-order valence-electron chi connectivity index (χ1n) is 21.4. The number of aliphatic hydroxyl groups excluding tert-OH is 1. The van der Waals surface area contributed by atoms with E-state index in [9.17, 15) is 29.7 Å². The summed E-state index contributed by atoms with van der Waals surface area (Å²) in [5, 5.41) is 33.7. The maximum atomic E-state index is 13.6. The average Bonchev–Trinajstić information content (AvgIpc) is 3.13. The van der Waals surface area contributed by atoms with Crippen LogP contribution in [-0.4, -0.2) is 50.5 Å². The summed E-state index contributed by atoms with van der Waals surface area (Å²) in [6, 6.07) is 0. The Morgan fingerprint density at radius 1 is 0.392 bits per heavy atom. The normalized spacial score (nSPS) is 13.5. The lowest BCUT2D eigenvalue weighted by Crippen LogP contribution is -2.69. The monoisotopic (exact) mass is 717 g/mol. The molecule has 0 heterocycles. The highest BCUT2D eigenvalue weighted by molar-refractivity contribution is 6.16. The molecular formula is C45H80O6. The van der Waals surface area contributed by atoms with Gasteiger partial charge in [0, 0.05) is 19.3 Å². The predicted octanol–water partition coefficient (Wildman–Crippen LogP) is 11.6. The van der Waals surface area contributed by atoms with Crippen LogP contribution in [0.15, 0.2) is 36.5 Å². The molecule has 0 amide bonds. The fraction of sp³-hybridized carbons (Fsp3) is 0.800. The van der Waals surface area contributed by atoms with E-state index in [-0.39, 0.29) is 19.3 Å². The van der Waals surface area contributed by atoms with E-state index in [1.807, 2.05) is 0 Å². The van der Waals surface area contributed by atoms with Gasteiger partial charge in [-0.1, -0.05) is 154 Å². The van der Waals surface area contributed by atoms with E-state index in [2.05, 4.69) is 57.2 Å². The van der Waals surface area contributed by atoms with E-state index >= 15 is 0 Å². The van der Waals surface area contributed by atoms with E-state index in [1.165, 1.54) is 38.5 Å². The lowest BCUT2D eigenvalue weighted by molar-refractivity contribution is -0.194. The van der Waals surface area contributed by atoms with Gasteiger partial charge in [0.2, 0.25) is 5.60 Å². The van der Waals surface area contributed by atoms with Gasteiger partial charge < -0.3 is 15.3 Å². The average molecular weight is 717 g/mol.